The summed E-state index contributed by atoms with van der Waals surface area (Å²) in [5, 5.41) is 0.450. The smallest absolute Gasteiger partial charge is 0.252 e. The summed E-state index contributed by atoms with van der Waals surface area (Å²) in [6, 6.07) is 19.2. The van der Waals surface area contributed by atoms with Gasteiger partial charge in [0.05, 0.1) is 11.4 Å². The van der Waals surface area contributed by atoms with Crippen molar-refractivity contribution in [2.75, 3.05) is 10.7 Å². The molecule has 4 rings (SSSR count). The van der Waals surface area contributed by atoms with E-state index in [-0.39, 0.29) is 22.8 Å². The van der Waals surface area contributed by atoms with Gasteiger partial charge in [0.2, 0.25) is 5.91 Å². The Morgan fingerprint density at radius 3 is 2.63 bits per heavy atom. The Balaban J connectivity index is 1.57. The summed E-state index contributed by atoms with van der Waals surface area (Å²) in [6.07, 6.45) is 0.902. The number of anilines is 1. The molecule has 1 aromatic heterocycles. The number of aromatic amines is 1. The molecule has 0 aliphatic carbocycles. The molecule has 1 atom stereocenters. The second-order valence-electron chi connectivity index (χ2n) is 8.30. The number of carbonyl (C=O) groups excluding carboxylic acids is 1. The SMILES string of the molecule is CC1CC(C)(C)N(C(=O)CSc2nc(-c3ccccc3)cc(=O)[nH]2)c2ccccc21. The van der Waals surface area contributed by atoms with Crippen molar-refractivity contribution >= 4 is 23.4 Å². The van der Waals surface area contributed by atoms with Gasteiger partial charge >= 0.3 is 0 Å². The molecule has 0 radical (unpaired) electrons. The highest BCUT2D eigenvalue weighted by Crippen LogP contribution is 2.43. The zero-order valence-electron chi connectivity index (χ0n) is 17.4. The van der Waals surface area contributed by atoms with Crippen molar-refractivity contribution in [2.45, 2.75) is 43.8 Å². The number of hydrogen-bond donors (Lipinski definition) is 1. The number of carbonyl (C=O) groups is 1. The van der Waals surface area contributed by atoms with Crippen molar-refractivity contribution in [1.82, 2.24) is 9.97 Å². The van der Waals surface area contributed by atoms with E-state index < -0.39 is 0 Å². The van der Waals surface area contributed by atoms with Gasteiger partial charge in [0.1, 0.15) is 0 Å². The third-order valence-electron chi connectivity index (χ3n) is 5.49. The van der Waals surface area contributed by atoms with Gasteiger partial charge in [0, 0.05) is 22.9 Å². The Hall–Kier alpha value is -2.86. The Labute approximate surface area is 180 Å². The van der Waals surface area contributed by atoms with Crippen LogP contribution in [0.5, 0.6) is 0 Å². The van der Waals surface area contributed by atoms with Gasteiger partial charge in [-0.3, -0.25) is 9.59 Å². The van der Waals surface area contributed by atoms with E-state index in [9.17, 15) is 9.59 Å². The summed E-state index contributed by atoms with van der Waals surface area (Å²) in [4.78, 5) is 34.6. The number of hydrogen-bond acceptors (Lipinski definition) is 4. The van der Waals surface area contributed by atoms with Crippen molar-refractivity contribution in [3.8, 4) is 11.3 Å². The molecule has 154 valence electrons. The van der Waals surface area contributed by atoms with E-state index in [1.165, 1.54) is 23.4 Å². The largest absolute Gasteiger partial charge is 0.306 e. The van der Waals surface area contributed by atoms with Crippen LogP contribution in [0.3, 0.4) is 0 Å². The van der Waals surface area contributed by atoms with Gasteiger partial charge in [-0.2, -0.15) is 0 Å². The molecule has 1 aliphatic heterocycles. The van der Waals surface area contributed by atoms with Crippen LogP contribution in [0.15, 0.2) is 70.6 Å². The number of fused-ring (bicyclic) bond motifs is 1. The molecule has 1 N–H and O–H groups in total. The normalized spacial score (nSPS) is 17.4. The monoisotopic (exact) mass is 419 g/mol. The first-order chi connectivity index (χ1) is 14.3. The second kappa shape index (κ2) is 8.11. The highest BCUT2D eigenvalue weighted by molar-refractivity contribution is 7.99. The lowest BCUT2D eigenvalue weighted by Gasteiger charge is -2.46. The maximum Gasteiger partial charge on any atom is 0.252 e. The Kier molecular flexibility index (Phi) is 5.52. The van der Waals surface area contributed by atoms with Crippen molar-refractivity contribution in [2.24, 2.45) is 0 Å². The summed E-state index contributed by atoms with van der Waals surface area (Å²) in [6.45, 7) is 6.43. The minimum absolute atomic E-state index is 0.0112. The molecule has 0 saturated carbocycles. The lowest BCUT2D eigenvalue weighted by Crippen LogP contribution is -2.52. The first-order valence-corrected chi connectivity index (χ1v) is 11.1. The number of aromatic nitrogens is 2. The van der Waals surface area contributed by atoms with Crippen LogP contribution in [0.25, 0.3) is 11.3 Å². The van der Waals surface area contributed by atoms with Crippen molar-refractivity contribution in [3.63, 3.8) is 0 Å². The molecule has 0 bridgehead atoms. The number of rotatable bonds is 4. The number of para-hydroxylation sites is 1. The molecule has 2 aromatic carbocycles. The predicted molar refractivity (Wildman–Crippen MR) is 122 cm³/mol. The van der Waals surface area contributed by atoms with E-state index in [1.807, 2.05) is 53.4 Å². The molecule has 0 saturated heterocycles. The van der Waals surface area contributed by atoms with Gasteiger partial charge in [-0.15, -0.1) is 0 Å². The number of nitrogens with one attached hydrogen (secondary N) is 1. The van der Waals surface area contributed by atoms with Gasteiger partial charge in [-0.25, -0.2) is 4.98 Å². The summed E-state index contributed by atoms with van der Waals surface area (Å²) in [7, 11) is 0. The fraction of sp³-hybridized carbons (Fsp3) is 0.292. The molecule has 0 fully saturated rings. The summed E-state index contributed by atoms with van der Waals surface area (Å²) in [5.41, 5.74) is 3.15. The quantitative estimate of drug-likeness (QED) is 0.485. The number of H-pyrrole nitrogens is 1. The fourth-order valence-corrected chi connectivity index (χ4v) is 5.04. The Morgan fingerprint density at radius 2 is 1.87 bits per heavy atom. The molecule has 1 aliphatic rings. The highest BCUT2D eigenvalue weighted by Gasteiger charge is 2.39. The third kappa shape index (κ3) is 4.05. The molecule has 6 heteroatoms. The summed E-state index contributed by atoms with van der Waals surface area (Å²) >= 11 is 1.26. The summed E-state index contributed by atoms with van der Waals surface area (Å²) < 4.78 is 0. The van der Waals surface area contributed by atoms with Crippen molar-refractivity contribution in [1.29, 1.82) is 0 Å². The van der Waals surface area contributed by atoms with Crippen LogP contribution in [0.4, 0.5) is 5.69 Å². The van der Waals surface area contributed by atoms with Gasteiger partial charge in [-0.1, -0.05) is 67.2 Å². The van der Waals surface area contributed by atoms with Gasteiger partial charge in [-0.05, 0) is 37.8 Å². The van der Waals surface area contributed by atoms with Crippen molar-refractivity contribution in [3.05, 3.63) is 76.6 Å². The predicted octanol–water partition coefficient (Wildman–Crippen LogP) is 4.85. The highest BCUT2D eigenvalue weighted by atomic mass is 32.2. The van der Waals surface area contributed by atoms with E-state index in [0.29, 0.717) is 16.8 Å². The molecule has 0 spiro atoms. The molecule has 2 heterocycles. The van der Waals surface area contributed by atoms with Crippen LogP contribution in [0.1, 0.15) is 38.7 Å². The van der Waals surface area contributed by atoms with Crippen LogP contribution >= 0.6 is 11.8 Å². The van der Waals surface area contributed by atoms with Crippen LogP contribution < -0.4 is 10.5 Å². The molecular weight excluding hydrogens is 394 g/mol. The lowest BCUT2D eigenvalue weighted by molar-refractivity contribution is -0.117. The van der Waals surface area contributed by atoms with Crippen molar-refractivity contribution < 1.29 is 4.79 Å². The molecule has 30 heavy (non-hydrogen) atoms. The molecular formula is C24H25N3O2S. The zero-order valence-corrected chi connectivity index (χ0v) is 18.2. The van der Waals surface area contributed by atoms with E-state index in [4.69, 9.17) is 0 Å². The van der Waals surface area contributed by atoms with E-state index >= 15 is 0 Å². The van der Waals surface area contributed by atoms with E-state index in [1.54, 1.807) is 0 Å². The average Bonchev–Trinajstić information content (AvgIpc) is 2.72. The third-order valence-corrected chi connectivity index (χ3v) is 6.35. The van der Waals surface area contributed by atoms with Crippen LogP contribution in [0.2, 0.25) is 0 Å². The standard InChI is InChI=1S/C24H25N3O2S/c1-16-14-24(2,3)27(20-12-8-7-11-18(16)20)22(29)15-30-23-25-19(13-21(28)26-23)17-9-5-4-6-10-17/h4-13,16H,14-15H2,1-3H3,(H,25,26,28). The first-order valence-electron chi connectivity index (χ1n) is 10.1. The van der Waals surface area contributed by atoms with E-state index in [0.717, 1.165) is 17.7 Å². The second-order valence-corrected chi connectivity index (χ2v) is 9.26. The number of thioether (sulfide) groups is 1. The minimum atomic E-state index is -0.280. The maximum absolute atomic E-state index is 13.3. The minimum Gasteiger partial charge on any atom is -0.306 e. The molecule has 1 unspecified atom stereocenters. The van der Waals surface area contributed by atoms with Gasteiger partial charge in [0.15, 0.2) is 5.16 Å². The molecule has 3 aromatic rings. The maximum atomic E-state index is 13.3. The number of amides is 1. The Morgan fingerprint density at radius 1 is 1.17 bits per heavy atom. The first kappa shape index (κ1) is 20.4. The van der Waals surface area contributed by atoms with Crippen LogP contribution in [-0.4, -0.2) is 27.2 Å². The van der Waals surface area contributed by atoms with Gasteiger partial charge in [0.25, 0.3) is 5.56 Å². The number of nitrogens with zero attached hydrogens (tertiary/aromatic N) is 2. The zero-order chi connectivity index (χ0) is 21.3. The van der Waals surface area contributed by atoms with E-state index in [2.05, 4.69) is 36.8 Å². The summed E-state index contributed by atoms with van der Waals surface area (Å²) in [5.74, 6) is 0.610. The molecule has 1 amide bonds. The van der Waals surface area contributed by atoms with Gasteiger partial charge < -0.3 is 9.88 Å². The lowest BCUT2D eigenvalue weighted by atomic mass is 9.80. The molecule has 5 nitrogen and oxygen atoms in total. The number of benzene rings is 2. The topological polar surface area (TPSA) is 66.1 Å². The average molecular weight is 420 g/mol. The van der Waals surface area contributed by atoms with Crippen LogP contribution in [0, 0.1) is 0 Å². The van der Waals surface area contributed by atoms with Crippen LogP contribution in [-0.2, 0) is 4.79 Å². The Bertz CT molecular complexity index is 1120. The fourth-order valence-electron chi connectivity index (χ4n) is 4.31.